The maximum atomic E-state index is 13.1. The molecule has 7 heteroatoms. The van der Waals surface area contributed by atoms with Crippen molar-refractivity contribution < 1.29 is 14.3 Å². The van der Waals surface area contributed by atoms with Gasteiger partial charge in [0.2, 0.25) is 5.88 Å². The second kappa shape index (κ2) is 12.5. The van der Waals surface area contributed by atoms with Crippen LogP contribution in [-0.2, 0) is 9.53 Å². The van der Waals surface area contributed by atoms with E-state index in [2.05, 4.69) is 22.3 Å². The minimum absolute atomic E-state index is 0.0269. The van der Waals surface area contributed by atoms with Crippen LogP contribution in [0.1, 0.15) is 47.7 Å². The number of amides is 1. The number of anilines is 1. The molecule has 1 atom stereocenters. The van der Waals surface area contributed by atoms with Crippen molar-refractivity contribution in [3.63, 3.8) is 0 Å². The van der Waals surface area contributed by atoms with Crippen molar-refractivity contribution in [2.75, 3.05) is 39.0 Å². The van der Waals surface area contributed by atoms with Crippen molar-refractivity contribution in [2.24, 2.45) is 16.8 Å². The summed E-state index contributed by atoms with van der Waals surface area (Å²) in [5.74, 6) is 0.0240. The van der Waals surface area contributed by atoms with Gasteiger partial charge in [0.05, 0.1) is 17.8 Å². The molecule has 0 aromatic heterocycles. The van der Waals surface area contributed by atoms with E-state index in [9.17, 15) is 9.59 Å². The van der Waals surface area contributed by atoms with Crippen molar-refractivity contribution in [2.45, 2.75) is 26.2 Å². The first-order valence-corrected chi connectivity index (χ1v) is 12.9. The summed E-state index contributed by atoms with van der Waals surface area (Å²) in [4.78, 5) is 34.2. The molecule has 0 bridgehead atoms. The van der Waals surface area contributed by atoms with Gasteiger partial charge in [-0.1, -0.05) is 48.6 Å². The monoisotopic (exact) mass is 500 g/mol. The molecule has 37 heavy (non-hydrogen) atoms. The fraction of sp³-hybridized carbons (Fsp3) is 0.367. The standard InChI is InChI=1S/C30H36N4O3/c1-22(9-10-23-7-5-4-6-8-23)30(36)37-28-21-31-20-26-12-11-25(19-27(26)32-28)29(35)34(3)18-15-24-13-16-33(2)17-14-24/h4-12,19-22,24,32H,13-18H2,1-3H3. The van der Waals surface area contributed by atoms with Gasteiger partial charge < -0.3 is 19.9 Å². The molecular weight excluding hydrogens is 464 g/mol. The first kappa shape index (κ1) is 26.4. The largest absolute Gasteiger partial charge is 0.407 e. The highest BCUT2D eigenvalue weighted by molar-refractivity contribution is 5.98. The topological polar surface area (TPSA) is 74.2 Å². The number of hydrogen-bond acceptors (Lipinski definition) is 6. The molecule has 2 aromatic carbocycles. The SMILES string of the molecule is CC(C=Cc1ccccc1)C(=O)OC1=CN=Cc2ccc(C(=O)N(C)CCC3CCN(C)CC3)cc2N1. The number of likely N-dealkylation sites (tertiary alicyclic amines) is 1. The molecule has 0 saturated carbocycles. The van der Waals surface area contributed by atoms with Crippen LogP contribution in [0.15, 0.2) is 71.7 Å². The van der Waals surface area contributed by atoms with Crippen LogP contribution in [0.5, 0.6) is 0 Å². The van der Waals surface area contributed by atoms with Gasteiger partial charge in [-0.3, -0.25) is 14.6 Å². The Kier molecular flexibility index (Phi) is 8.90. The normalized spacial score (nSPS) is 16.9. The number of benzene rings is 2. The molecule has 1 saturated heterocycles. The Hall–Kier alpha value is -3.71. The van der Waals surface area contributed by atoms with E-state index in [0.717, 1.165) is 37.2 Å². The van der Waals surface area contributed by atoms with E-state index in [0.29, 0.717) is 17.2 Å². The Labute approximate surface area is 219 Å². The summed E-state index contributed by atoms with van der Waals surface area (Å²) in [6.07, 6.45) is 10.3. The van der Waals surface area contributed by atoms with Crippen LogP contribution in [0.25, 0.3) is 6.08 Å². The van der Waals surface area contributed by atoms with Gasteiger partial charge in [0.25, 0.3) is 5.91 Å². The lowest BCUT2D eigenvalue weighted by Gasteiger charge is -2.30. The highest BCUT2D eigenvalue weighted by Gasteiger charge is 2.20. The second-order valence-electron chi connectivity index (χ2n) is 9.94. The van der Waals surface area contributed by atoms with E-state index in [1.54, 1.807) is 24.1 Å². The van der Waals surface area contributed by atoms with E-state index in [1.807, 2.05) is 61.7 Å². The molecule has 7 nitrogen and oxygen atoms in total. The van der Waals surface area contributed by atoms with E-state index in [4.69, 9.17) is 4.74 Å². The van der Waals surface area contributed by atoms with Gasteiger partial charge in [-0.2, -0.15) is 0 Å². The van der Waals surface area contributed by atoms with E-state index >= 15 is 0 Å². The maximum Gasteiger partial charge on any atom is 0.319 e. The zero-order valence-electron chi connectivity index (χ0n) is 21.9. The minimum Gasteiger partial charge on any atom is -0.407 e. The molecule has 2 aliphatic heterocycles. The number of ether oxygens (including phenoxy) is 1. The number of piperidine rings is 1. The zero-order chi connectivity index (χ0) is 26.2. The van der Waals surface area contributed by atoms with Crippen molar-refractivity contribution >= 4 is 29.9 Å². The predicted molar refractivity (Wildman–Crippen MR) is 148 cm³/mol. The Morgan fingerprint density at radius 3 is 2.70 bits per heavy atom. The third-order valence-corrected chi connectivity index (χ3v) is 6.98. The number of carbonyl (C=O) groups excluding carboxylic acids is 2. The van der Waals surface area contributed by atoms with Crippen LogP contribution < -0.4 is 5.32 Å². The molecule has 1 amide bonds. The Balaban J connectivity index is 1.35. The third-order valence-electron chi connectivity index (χ3n) is 6.98. The van der Waals surface area contributed by atoms with Crippen molar-refractivity contribution in [3.05, 3.63) is 83.4 Å². The van der Waals surface area contributed by atoms with Gasteiger partial charge in [0, 0.05) is 30.9 Å². The van der Waals surface area contributed by atoms with Gasteiger partial charge in [-0.15, -0.1) is 0 Å². The van der Waals surface area contributed by atoms with Crippen LogP contribution in [0.3, 0.4) is 0 Å². The van der Waals surface area contributed by atoms with Crippen molar-refractivity contribution in [3.8, 4) is 0 Å². The lowest BCUT2D eigenvalue weighted by Crippen LogP contribution is -2.33. The van der Waals surface area contributed by atoms with E-state index < -0.39 is 11.9 Å². The molecule has 2 aromatic rings. The van der Waals surface area contributed by atoms with Crippen LogP contribution in [0.4, 0.5) is 5.69 Å². The maximum absolute atomic E-state index is 13.1. The Bertz CT molecular complexity index is 1180. The first-order chi connectivity index (χ1) is 17.9. The molecule has 4 rings (SSSR count). The van der Waals surface area contributed by atoms with E-state index in [-0.39, 0.29) is 11.8 Å². The van der Waals surface area contributed by atoms with Gasteiger partial charge >= 0.3 is 5.97 Å². The summed E-state index contributed by atoms with van der Waals surface area (Å²) >= 11 is 0. The average molecular weight is 501 g/mol. The van der Waals surface area contributed by atoms with Gasteiger partial charge in [-0.25, -0.2) is 0 Å². The fourth-order valence-corrected chi connectivity index (χ4v) is 4.46. The summed E-state index contributed by atoms with van der Waals surface area (Å²) in [6.45, 7) is 4.77. The molecule has 1 unspecified atom stereocenters. The molecule has 0 aliphatic carbocycles. The second-order valence-corrected chi connectivity index (χ2v) is 9.94. The molecule has 194 valence electrons. The van der Waals surface area contributed by atoms with Gasteiger partial charge in [0.15, 0.2) is 0 Å². The number of aliphatic imine (C=N–C) groups is 1. The summed E-state index contributed by atoms with van der Waals surface area (Å²) in [5, 5.41) is 3.13. The number of fused-ring (bicyclic) bond motifs is 1. The summed E-state index contributed by atoms with van der Waals surface area (Å²) in [5.41, 5.74) is 3.07. The number of rotatable bonds is 8. The van der Waals surface area contributed by atoms with Crippen LogP contribution in [0, 0.1) is 11.8 Å². The third kappa shape index (κ3) is 7.40. The zero-order valence-corrected chi connectivity index (χ0v) is 21.9. The Morgan fingerprint density at radius 2 is 1.95 bits per heavy atom. The highest BCUT2D eigenvalue weighted by atomic mass is 16.5. The van der Waals surface area contributed by atoms with Gasteiger partial charge in [-0.05, 0) is 69.9 Å². The lowest BCUT2D eigenvalue weighted by molar-refractivity contribution is -0.141. The number of nitrogens with one attached hydrogen (secondary N) is 1. The average Bonchev–Trinajstić information content (AvgIpc) is 3.12. The van der Waals surface area contributed by atoms with E-state index in [1.165, 1.54) is 19.0 Å². The first-order valence-electron chi connectivity index (χ1n) is 12.9. The minimum atomic E-state index is -0.444. The number of carbonyl (C=O) groups is 2. The molecule has 0 radical (unpaired) electrons. The van der Waals surface area contributed by atoms with Gasteiger partial charge in [0.1, 0.15) is 0 Å². The summed E-state index contributed by atoms with van der Waals surface area (Å²) in [6, 6.07) is 15.3. The van der Waals surface area contributed by atoms with Crippen LogP contribution in [-0.4, -0.2) is 61.6 Å². The number of nitrogens with zero attached hydrogens (tertiary/aromatic N) is 3. The lowest BCUT2D eigenvalue weighted by atomic mass is 9.93. The fourth-order valence-electron chi connectivity index (χ4n) is 4.46. The van der Waals surface area contributed by atoms with Crippen LogP contribution >= 0.6 is 0 Å². The smallest absolute Gasteiger partial charge is 0.319 e. The summed E-state index contributed by atoms with van der Waals surface area (Å²) in [7, 11) is 4.02. The molecule has 2 heterocycles. The number of hydrogen-bond donors (Lipinski definition) is 1. The van der Waals surface area contributed by atoms with Crippen LogP contribution in [0.2, 0.25) is 0 Å². The summed E-state index contributed by atoms with van der Waals surface area (Å²) < 4.78 is 5.59. The quantitative estimate of drug-likeness (QED) is 0.515. The van der Waals surface area contributed by atoms with Crippen molar-refractivity contribution in [1.82, 2.24) is 9.80 Å². The van der Waals surface area contributed by atoms with Crippen molar-refractivity contribution in [1.29, 1.82) is 0 Å². The Morgan fingerprint density at radius 1 is 1.19 bits per heavy atom. The molecule has 0 spiro atoms. The number of esters is 1. The molecule has 1 fully saturated rings. The highest BCUT2D eigenvalue weighted by Crippen LogP contribution is 2.24. The molecule has 1 N–H and O–H groups in total. The molecule has 2 aliphatic rings. The predicted octanol–water partition coefficient (Wildman–Crippen LogP) is 5.03. The molecular formula is C30H36N4O3.